The van der Waals surface area contributed by atoms with Crippen LogP contribution in [0.5, 0.6) is 0 Å². The molecule has 1 saturated heterocycles. The monoisotopic (exact) mass is 488 g/mol. The lowest BCUT2D eigenvalue weighted by Crippen LogP contribution is -2.40. The van der Waals surface area contributed by atoms with Gasteiger partial charge in [0, 0.05) is 38.0 Å². The minimum absolute atomic E-state index is 0.0192. The number of amides is 1. The molecule has 0 spiro atoms. The Labute approximate surface area is 171 Å². The van der Waals surface area contributed by atoms with Gasteiger partial charge in [0.25, 0.3) is 0 Å². The van der Waals surface area contributed by atoms with Gasteiger partial charge >= 0.3 is 0 Å². The number of piperidine rings is 1. The molecule has 6 heteroatoms. The smallest absolute Gasteiger partial charge is 0.228 e. The average molecular weight is 489 g/mol. The lowest BCUT2D eigenvalue weighted by Gasteiger charge is -2.32. The van der Waals surface area contributed by atoms with Crippen LogP contribution in [0.4, 0.5) is 5.69 Å². The zero-order chi connectivity index (χ0) is 17.8. The third-order valence-corrected chi connectivity index (χ3v) is 5.86. The molecular weight excluding hydrogens is 470 g/mol. The maximum Gasteiger partial charge on any atom is 0.228 e. The molecule has 1 N–H and O–H groups in total. The molecule has 2 aromatic rings. The summed E-state index contributed by atoms with van der Waals surface area (Å²) in [6.45, 7) is 2.35. The van der Waals surface area contributed by atoms with Gasteiger partial charge < -0.3 is 5.32 Å². The van der Waals surface area contributed by atoms with Crippen LogP contribution < -0.4 is 5.32 Å². The van der Waals surface area contributed by atoms with Gasteiger partial charge in [-0.15, -0.1) is 0 Å². The second kappa shape index (κ2) is 8.71. The number of nitrogens with one attached hydrogen (secondary N) is 1. The lowest BCUT2D eigenvalue weighted by molar-refractivity contribution is -0.121. The highest BCUT2D eigenvalue weighted by Crippen LogP contribution is 2.28. The van der Waals surface area contributed by atoms with Crippen LogP contribution in [-0.2, 0) is 11.3 Å². The first-order chi connectivity index (χ1) is 12.0. The Morgan fingerprint density at radius 3 is 2.52 bits per heavy atom. The normalized spacial score (nSPS) is 18.1. The van der Waals surface area contributed by atoms with Gasteiger partial charge in [-0.2, -0.15) is 0 Å². The first kappa shape index (κ1) is 19.0. The van der Waals surface area contributed by atoms with Gasteiger partial charge in [-0.25, -0.2) is 0 Å². The second-order valence-electron chi connectivity index (χ2n) is 6.27. The molecule has 0 saturated carbocycles. The topological polar surface area (TPSA) is 32.3 Å². The van der Waals surface area contributed by atoms with Crippen molar-refractivity contribution in [2.24, 2.45) is 5.92 Å². The zero-order valence-corrected chi connectivity index (χ0v) is 17.3. The molecule has 0 unspecified atom stereocenters. The predicted octanol–water partition coefficient (Wildman–Crippen LogP) is 5.45. The summed E-state index contributed by atoms with van der Waals surface area (Å²) in [7, 11) is 0. The summed E-state index contributed by atoms with van der Waals surface area (Å²) in [6.07, 6.45) is 1.90. The summed E-state index contributed by atoms with van der Waals surface area (Å²) in [5.74, 6) is 0.0606. The van der Waals surface area contributed by atoms with Gasteiger partial charge in [0.2, 0.25) is 5.91 Å². The highest BCUT2D eigenvalue weighted by atomic mass is 127. The first-order valence-corrected chi connectivity index (χ1v) is 10.1. The van der Waals surface area contributed by atoms with E-state index in [9.17, 15) is 4.79 Å². The van der Waals surface area contributed by atoms with E-state index in [1.165, 1.54) is 0 Å². The molecule has 1 fully saturated rings. The molecule has 25 heavy (non-hydrogen) atoms. The molecule has 1 atom stereocenters. The Kier molecular flexibility index (Phi) is 6.61. The van der Waals surface area contributed by atoms with Gasteiger partial charge in [-0.3, -0.25) is 9.69 Å². The van der Waals surface area contributed by atoms with E-state index in [1.807, 2.05) is 42.5 Å². The number of halogens is 3. The van der Waals surface area contributed by atoms with E-state index in [-0.39, 0.29) is 11.8 Å². The standard InChI is InChI=1S/C19H19Cl2IN2O/c20-17-4-1-5-18(21)16(17)12-24-10-2-3-13(11-24)19(25)23-15-8-6-14(22)7-9-15/h1,4-9,13H,2-3,10-12H2,(H,23,25)/t13-/m1/s1. The van der Waals surface area contributed by atoms with Crippen molar-refractivity contribution in [1.82, 2.24) is 4.90 Å². The van der Waals surface area contributed by atoms with E-state index in [0.29, 0.717) is 16.6 Å². The van der Waals surface area contributed by atoms with Gasteiger partial charge in [-0.05, 0) is 78.4 Å². The summed E-state index contributed by atoms with van der Waals surface area (Å²) >= 11 is 14.8. The predicted molar refractivity (Wildman–Crippen MR) is 112 cm³/mol. The van der Waals surface area contributed by atoms with Crippen LogP contribution in [0.1, 0.15) is 18.4 Å². The van der Waals surface area contributed by atoms with E-state index in [1.54, 1.807) is 0 Å². The largest absolute Gasteiger partial charge is 0.326 e. The number of hydrogen-bond acceptors (Lipinski definition) is 2. The molecule has 3 rings (SSSR count). The summed E-state index contributed by atoms with van der Waals surface area (Å²) in [5.41, 5.74) is 1.78. The van der Waals surface area contributed by atoms with Gasteiger partial charge in [0.15, 0.2) is 0 Å². The quantitative estimate of drug-likeness (QED) is 0.580. The summed E-state index contributed by atoms with van der Waals surface area (Å²) in [6, 6.07) is 13.4. The number of likely N-dealkylation sites (tertiary alicyclic amines) is 1. The summed E-state index contributed by atoms with van der Waals surface area (Å²) < 4.78 is 1.15. The van der Waals surface area contributed by atoms with Crippen LogP contribution in [-0.4, -0.2) is 23.9 Å². The maximum atomic E-state index is 12.6. The third-order valence-electron chi connectivity index (χ3n) is 4.43. The molecule has 0 aliphatic carbocycles. The maximum absolute atomic E-state index is 12.6. The fourth-order valence-corrected chi connectivity index (χ4v) is 3.97. The van der Waals surface area contributed by atoms with Crippen LogP contribution in [0.2, 0.25) is 10.0 Å². The van der Waals surface area contributed by atoms with E-state index in [4.69, 9.17) is 23.2 Å². The van der Waals surface area contributed by atoms with E-state index < -0.39 is 0 Å². The highest BCUT2D eigenvalue weighted by molar-refractivity contribution is 14.1. The molecule has 1 heterocycles. The number of rotatable bonds is 4. The van der Waals surface area contributed by atoms with Crippen molar-refractivity contribution >= 4 is 57.4 Å². The second-order valence-corrected chi connectivity index (χ2v) is 8.33. The Morgan fingerprint density at radius 2 is 1.84 bits per heavy atom. The molecule has 2 aromatic carbocycles. The van der Waals surface area contributed by atoms with Crippen molar-refractivity contribution in [3.8, 4) is 0 Å². The Bertz CT molecular complexity index is 731. The number of anilines is 1. The molecule has 1 amide bonds. The van der Waals surface area contributed by atoms with E-state index in [0.717, 1.165) is 40.8 Å². The molecule has 1 aliphatic rings. The van der Waals surface area contributed by atoms with Crippen LogP contribution in [0.15, 0.2) is 42.5 Å². The fourth-order valence-electron chi connectivity index (χ4n) is 3.10. The molecule has 0 radical (unpaired) electrons. The number of nitrogens with zero attached hydrogens (tertiary/aromatic N) is 1. The van der Waals surface area contributed by atoms with Gasteiger partial charge in [0.05, 0.1) is 5.92 Å². The fraction of sp³-hybridized carbons (Fsp3) is 0.316. The van der Waals surface area contributed by atoms with Crippen LogP contribution in [0, 0.1) is 9.49 Å². The number of hydrogen-bond donors (Lipinski definition) is 1. The Balaban J connectivity index is 1.62. The SMILES string of the molecule is O=C(Nc1ccc(I)cc1)[C@@H]1CCCN(Cc2c(Cl)cccc2Cl)C1. The average Bonchev–Trinajstić information content (AvgIpc) is 2.60. The zero-order valence-electron chi connectivity index (χ0n) is 13.6. The van der Waals surface area contributed by atoms with Crippen molar-refractivity contribution < 1.29 is 4.79 Å². The summed E-state index contributed by atoms with van der Waals surface area (Å²) in [5, 5.41) is 4.38. The minimum Gasteiger partial charge on any atom is -0.326 e. The number of carbonyl (C=O) groups excluding carboxylic acids is 1. The third kappa shape index (κ3) is 5.09. The number of carbonyl (C=O) groups is 1. The number of benzene rings is 2. The molecule has 0 bridgehead atoms. The Hall–Kier alpha value is -0.820. The van der Waals surface area contributed by atoms with Crippen molar-refractivity contribution in [3.63, 3.8) is 0 Å². The van der Waals surface area contributed by atoms with E-state index >= 15 is 0 Å². The Morgan fingerprint density at radius 1 is 1.16 bits per heavy atom. The molecule has 1 aliphatic heterocycles. The van der Waals surface area contributed by atoms with Crippen molar-refractivity contribution in [1.29, 1.82) is 0 Å². The van der Waals surface area contributed by atoms with E-state index in [2.05, 4.69) is 32.8 Å². The van der Waals surface area contributed by atoms with Gasteiger partial charge in [-0.1, -0.05) is 29.3 Å². The molecule has 132 valence electrons. The molecular formula is C19H19Cl2IN2O. The lowest BCUT2D eigenvalue weighted by atomic mass is 9.96. The van der Waals surface area contributed by atoms with Crippen LogP contribution in [0.25, 0.3) is 0 Å². The molecule has 3 nitrogen and oxygen atoms in total. The molecule has 0 aromatic heterocycles. The first-order valence-electron chi connectivity index (χ1n) is 8.24. The van der Waals surface area contributed by atoms with Crippen molar-refractivity contribution in [3.05, 3.63) is 61.6 Å². The van der Waals surface area contributed by atoms with Gasteiger partial charge in [0.1, 0.15) is 0 Å². The summed E-state index contributed by atoms with van der Waals surface area (Å²) in [4.78, 5) is 14.9. The van der Waals surface area contributed by atoms with Crippen LogP contribution in [0.3, 0.4) is 0 Å². The van der Waals surface area contributed by atoms with Crippen molar-refractivity contribution in [2.45, 2.75) is 19.4 Å². The van der Waals surface area contributed by atoms with Crippen molar-refractivity contribution in [2.75, 3.05) is 18.4 Å². The minimum atomic E-state index is -0.0192. The van der Waals surface area contributed by atoms with Crippen LogP contribution >= 0.6 is 45.8 Å². The highest BCUT2D eigenvalue weighted by Gasteiger charge is 2.26.